The maximum absolute atomic E-state index is 5.49. The van der Waals surface area contributed by atoms with Crippen LogP contribution in [0.5, 0.6) is 0 Å². The third-order valence-electron chi connectivity index (χ3n) is 4.24. The van der Waals surface area contributed by atoms with Crippen molar-refractivity contribution in [3.8, 4) is 0 Å². The monoisotopic (exact) mass is 235 g/mol. The lowest BCUT2D eigenvalue weighted by Gasteiger charge is -2.46. The first-order valence-electron chi connectivity index (χ1n) is 6.42. The zero-order valence-electron chi connectivity index (χ0n) is 10.4. The van der Waals surface area contributed by atoms with Gasteiger partial charge in [0.2, 0.25) is 0 Å². The summed E-state index contributed by atoms with van der Waals surface area (Å²) in [5, 5.41) is 3.49. The molecule has 0 bridgehead atoms. The van der Waals surface area contributed by atoms with Crippen molar-refractivity contribution in [2.75, 3.05) is 39.9 Å². The second-order valence-corrected chi connectivity index (χ2v) is 5.42. The molecule has 1 aromatic rings. The number of aromatic nitrogens is 1. The summed E-state index contributed by atoms with van der Waals surface area (Å²) in [4.78, 5) is 5.64. The first kappa shape index (κ1) is 11.3. The number of nitrogens with one attached hydrogen (secondary N) is 2. The first-order chi connectivity index (χ1) is 8.30. The van der Waals surface area contributed by atoms with Gasteiger partial charge in [-0.2, -0.15) is 0 Å². The standard InChI is InChI=1S/C13H21N3O/c1-16-5-4-15-8-12(16)6-13(9-17-10-13)11-2-3-14-7-11/h2-3,7,12,14-15H,4-6,8-10H2,1H3. The summed E-state index contributed by atoms with van der Waals surface area (Å²) < 4.78 is 5.49. The molecule has 4 heteroatoms. The largest absolute Gasteiger partial charge is 0.379 e. The molecule has 4 nitrogen and oxygen atoms in total. The molecule has 1 aromatic heterocycles. The van der Waals surface area contributed by atoms with Crippen molar-refractivity contribution in [1.29, 1.82) is 0 Å². The van der Waals surface area contributed by atoms with E-state index in [0.29, 0.717) is 6.04 Å². The highest BCUT2D eigenvalue weighted by Crippen LogP contribution is 2.37. The Morgan fingerprint density at radius 2 is 2.41 bits per heavy atom. The average Bonchev–Trinajstić information content (AvgIpc) is 2.79. The molecule has 0 amide bonds. The molecule has 94 valence electrons. The van der Waals surface area contributed by atoms with E-state index in [1.54, 1.807) is 0 Å². The number of likely N-dealkylation sites (N-methyl/N-ethyl adjacent to an activating group) is 1. The zero-order valence-corrected chi connectivity index (χ0v) is 10.4. The van der Waals surface area contributed by atoms with Crippen LogP contribution in [0.25, 0.3) is 0 Å². The van der Waals surface area contributed by atoms with Gasteiger partial charge in [0.25, 0.3) is 0 Å². The number of hydrogen-bond acceptors (Lipinski definition) is 3. The van der Waals surface area contributed by atoms with Crippen molar-refractivity contribution in [3.05, 3.63) is 24.0 Å². The normalized spacial score (nSPS) is 28.9. The molecule has 2 N–H and O–H groups in total. The highest BCUT2D eigenvalue weighted by molar-refractivity contribution is 5.25. The Bertz CT molecular complexity index is 359. The molecule has 0 aliphatic carbocycles. The van der Waals surface area contributed by atoms with Gasteiger partial charge >= 0.3 is 0 Å². The summed E-state index contributed by atoms with van der Waals surface area (Å²) >= 11 is 0. The number of rotatable bonds is 3. The maximum Gasteiger partial charge on any atom is 0.0586 e. The van der Waals surface area contributed by atoms with Gasteiger partial charge in [-0.15, -0.1) is 0 Å². The van der Waals surface area contributed by atoms with Gasteiger partial charge in [0.05, 0.1) is 13.2 Å². The second-order valence-electron chi connectivity index (χ2n) is 5.42. The van der Waals surface area contributed by atoms with E-state index in [0.717, 1.165) is 32.8 Å². The second kappa shape index (κ2) is 4.44. The van der Waals surface area contributed by atoms with Crippen LogP contribution in [0.15, 0.2) is 18.5 Å². The van der Waals surface area contributed by atoms with E-state index >= 15 is 0 Å². The minimum Gasteiger partial charge on any atom is -0.379 e. The zero-order chi connectivity index (χ0) is 11.7. The minimum atomic E-state index is 0.248. The van der Waals surface area contributed by atoms with Crippen molar-refractivity contribution in [2.45, 2.75) is 17.9 Å². The minimum absolute atomic E-state index is 0.248. The van der Waals surface area contributed by atoms with Gasteiger partial charge in [-0.1, -0.05) is 0 Å². The van der Waals surface area contributed by atoms with Crippen LogP contribution in [0.2, 0.25) is 0 Å². The Labute approximate surface area is 102 Å². The lowest BCUT2D eigenvalue weighted by Crippen LogP contribution is -2.56. The molecular formula is C13H21N3O. The Morgan fingerprint density at radius 1 is 1.53 bits per heavy atom. The van der Waals surface area contributed by atoms with Gasteiger partial charge in [-0.3, -0.25) is 0 Å². The molecule has 0 spiro atoms. The lowest BCUT2D eigenvalue weighted by molar-refractivity contribution is -0.0753. The van der Waals surface area contributed by atoms with E-state index in [1.165, 1.54) is 12.0 Å². The molecule has 1 atom stereocenters. The molecule has 17 heavy (non-hydrogen) atoms. The summed E-state index contributed by atoms with van der Waals surface area (Å²) in [6.07, 6.45) is 5.32. The summed E-state index contributed by atoms with van der Waals surface area (Å²) in [5.74, 6) is 0. The third-order valence-corrected chi connectivity index (χ3v) is 4.24. The van der Waals surface area contributed by atoms with Gasteiger partial charge in [0.1, 0.15) is 0 Å². The predicted octanol–water partition coefficient (Wildman–Crippen LogP) is 0.576. The van der Waals surface area contributed by atoms with Crippen molar-refractivity contribution >= 4 is 0 Å². The number of ether oxygens (including phenoxy) is 1. The summed E-state index contributed by atoms with van der Waals surface area (Å²) in [7, 11) is 2.23. The van der Waals surface area contributed by atoms with Crippen LogP contribution in [-0.4, -0.2) is 55.8 Å². The Balaban J connectivity index is 1.73. The van der Waals surface area contributed by atoms with Crippen LogP contribution in [-0.2, 0) is 10.2 Å². The fourth-order valence-corrected chi connectivity index (χ4v) is 2.95. The molecule has 3 rings (SSSR count). The van der Waals surface area contributed by atoms with Crippen molar-refractivity contribution in [2.24, 2.45) is 0 Å². The molecule has 0 aromatic carbocycles. The maximum atomic E-state index is 5.49. The van der Waals surface area contributed by atoms with Crippen molar-refractivity contribution < 1.29 is 4.74 Å². The number of piperazine rings is 1. The lowest BCUT2D eigenvalue weighted by atomic mass is 9.74. The third kappa shape index (κ3) is 2.01. The van der Waals surface area contributed by atoms with Gasteiger partial charge in [0.15, 0.2) is 0 Å². The Kier molecular flexibility index (Phi) is 2.94. The molecule has 0 saturated carbocycles. The summed E-state index contributed by atoms with van der Waals surface area (Å²) in [6.45, 7) is 5.10. The molecule has 2 aliphatic heterocycles. The van der Waals surface area contributed by atoms with E-state index in [4.69, 9.17) is 4.74 Å². The fraction of sp³-hybridized carbons (Fsp3) is 0.692. The number of hydrogen-bond donors (Lipinski definition) is 2. The van der Waals surface area contributed by atoms with Crippen LogP contribution in [0, 0.1) is 0 Å². The molecule has 2 fully saturated rings. The highest BCUT2D eigenvalue weighted by atomic mass is 16.5. The van der Waals surface area contributed by atoms with Crippen LogP contribution >= 0.6 is 0 Å². The van der Waals surface area contributed by atoms with E-state index in [2.05, 4.69) is 34.5 Å². The van der Waals surface area contributed by atoms with Crippen LogP contribution < -0.4 is 5.32 Å². The summed E-state index contributed by atoms with van der Waals surface area (Å²) in [5.41, 5.74) is 1.65. The molecule has 1 unspecified atom stereocenters. The predicted molar refractivity (Wildman–Crippen MR) is 67.2 cm³/mol. The number of aromatic amines is 1. The topological polar surface area (TPSA) is 40.3 Å². The van der Waals surface area contributed by atoms with Gasteiger partial charge < -0.3 is 19.9 Å². The first-order valence-corrected chi connectivity index (χ1v) is 6.42. The van der Waals surface area contributed by atoms with E-state index in [9.17, 15) is 0 Å². The van der Waals surface area contributed by atoms with Crippen LogP contribution in [0.1, 0.15) is 12.0 Å². The smallest absolute Gasteiger partial charge is 0.0586 e. The highest BCUT2D eigenvalue weighted by Gasteiger charge is 2.43. The van der Waals surface area contributed by atoms with Gasteiger partial charge in [-0.05, 0) is 25.1 Å². The SMILES string of the molecule is CN1CCNCC1CC1(c2cc[nH]c2)COC1. The van der Waals surface area contributed by atoms with Crippen molar-refractivity contribution in [1.82, 2.24) is 15.2 Å². The molecule has 2 saturated heterocycles. The Hall–Kier alpha value is -0.840. The van der Waals surface area contributed by atoms with E-state index in [1.807, 2.05) is 6.20 Å². The van der Waals surface area contributed by atoms with E-state index < -0.39 is 0 Å². The van der Waals surface area contributed by atoms with Crippen LogP contribution in [0.4, 0.5) is 0 Å². The summed E-state index contributed by atoms with van der Waals surface area (Å²) in [6, 6.07) is 2.82. The van der Waals surface area contributed by atoms with Gasteiger partial charge in [-0.25, -0.2) is 0 Å². The molecule has 3 heterocycles. The quantitative estimate of drug-likeness (QED) is 0.805. The molecule has 2 aliphatic rings. The van der Waals surface area contributed by atoms with Crippen molar-refractivity contribution in [3.63, 3.8) is 0 Å². The fourth-order valence-electron chi connectivity index (χ4n) is 2.95. The Morgan fingerprint density at radius 3 is 3.00 bits per heavy atom. The molecule has 0 radical (unpaired) electrons. The molecular weight excluding hydrogens is 214 g/mol. The average molecular weight is 235 g/mol. The van der Waals surface area contributed by atoms with Gasteiger partial charge in [0, 0.05) is 43.5 Å². The van der Waals surface area contributed by atoms with Crippen LogP contribution in [0.3, 0.4) is 0 Å². The number of H-pyrrole nitrogens is 1. The number of nitrogens with zero attached hydrogens (tertiary/aromatic N) is 1. The van der Waals surface area contributed by atoms with E-state index in [-0.39, 0.29) is 5.41 Å².